The number of amides is 5. The van der Waals surface area contributed by atoms with E-state index in [0.29, 0.717) is 0 Å². The average molecular weight is 460 g/mol. The van der Waals surface area contributed by atoms with E-state index >= 15 is 0 Å². The van der Waals surface area contributed by atoms with E-state index in [1.165, 1.54) is 6.92 Å². The van der Waals surface area contributed by atoms with Gasteiger partial charge in [0.05, 0.1) is 12.5 Å². The second-order valence-corrected chi connectivity index (χ2v) is 7.63. The summed E-state index contributed by atoms with van der Waals surface area (Å²) < 4.78 is 0. The molecule has 0 radical (unpaired) electrons. The zero-order valence-corrected chi connectivity index (χ0v) is 18.2. The molecule has 0 aliphatic rings. The van der Waals surface area contributed by atoms with Crippen LogP contribution in [-0.4, -0.2) is 76.0 Å². The number of aliphatic carboxylic acids is 1. The predicted octanol–water partition coefficient (Wildman–Crippen LogP) is -3.97. The number of nitrogens with two attached hydrogens (primary N) is 3. The molecule has 182 valence electrons. The standard InChI is InChI=1S/C18H32N6O8/c1-7(2)14(24-16(29)13(21)8(3)25)17(30)22-9(4-5-11(19)26)15(28)23-10(18(31)32)6-12(20)27/h7-10,13-14,25H,4-6,21H2,1-3H3,(H2,19,26)(H2,20,27)(H,22,30)(H,23,28)(H,24,29)(H,31,32). The molecule has 0 rings (SSSR count). The molecular weight excluding hydrogens is 428 g/mol. The molecule has 0 aliphatic heterocycles. The van der Waals surface area contributed by atoms with Gasteiger partial charge in [0.2, 0.25) is 29.5 Å². The Morgan fingerprint density at radius 3 is 1.75 bits per heavy atom. The molecule has 0 aromatic carbocycles. The Morgan fingerprint density at radius 2 is 1.34 bits per heavy atom. The fourth-order valence-corrected chi connectivity index (χ4v) is 2.49. The van der Waals surface area contributed by atoms with E-state index in [0.717, 1.165) is 0 Å². The number of carbonyl (C=O) groups is 6. The second kappa shape index (κ2) is 13.2. The minimum Gasteiger partial charge on any atom is -0.480 e. The Morgan fingerprint density at radius 1 is 0.812 bits per heavy atom. The molecule has 5 atom stereocenters. The van der Waals surface area contributed by atoms with Crippen LogP contribution in [0.5, 0.6) is 0 Å². The van der Waals surface area contributed by atoms with Crippen molar-refractivity contribution in [3.8, 4) is 0 Å². The van der Waals surface area contributed by atoms with Crippen LogP contribution in [0.3, 0.4) is 0 Å². The fraction of sp³-hybridized carbons (Fsp3) is 0.667. The maximum Gasteiger partial charge on any atom is 0.326 e. The van der Waals surface area contributed by atoms with E-state index in [2.05, 4.69) is 16.0 Å². The van der Waals surface area contributed by atoms with Gasteiger partial charge in [0.15, 0.2) is 0 Å². The Kier molecular flexibility index (Phi) is 11.9. The molecule has 0 saturated carbocycles. The summed E-state index contributed by atoms with van der Waals surface area (Å²) in [7, 11) is 0. The SMILES string of the molecule is CC(C)C(NC(=O)C(N)C(C)O)C(=O)NC(CCC(N)=O)C(=O)NC(CC(N)=O)C(=O)O. The number of hydrogen-bond acceptors (Lipinski definition) is 8. The number of nitrogens with one attached hydrogen (secondary N) is 3. The highest BCUT2D eigenvalue weighted by Crippen LogP contribution is 2.06. The highest BCUT2D eigenvalue weighted by atomic mass is 16.4. The van der Waals surface area contributed by atoms with Gasteiger partial charge in [0, 0.05) is 6.42 Å². The normalized spacial score (nSPS) is 15.6. The maximum atomic E-state index is 12.8. The maximum absolute atomic E-state index is 12.8. The summed E-state index contributed by atoms with van der Waals surface area (Å²) >= 11 is 0. The lowest BCUT2D eigenvalue weighted by atomic mass is 10.0. The first-order chi connectivity index (χ1) is 14.7. The van der Waals surface area contributed by atoms with Gasteiger partial charge in [-0.05, 0) is 19.3 Å². The average Bonchev–Trinajstić information content (AvgIpc) is 2.66. The first-order valence-corrected chi connectivity index (χ1v) is 9.81. The van der Waals surface area contributed by atoms with E-state index < -0.39 is 78.1 Å². The van der Waals surface area contributed by atoms with Crippen molar-refractivity contribution in [1.29, 1.82) is 0 Å². The number of aliphatic hydroxyl groups is 1. The molecule has 14 nitrogen and oxygen atoms in total. The predicted molar refractivity (Wildman–Crippen MR) is 110 cm³/mol. The molecule has 5 amide bonds. The number of aliphatic hydroxyl groups excluding tert-OH is 1. The molecule has 0 aliphatic carbocycles. The van der Waals surface area contributed by atoms with Gasteiger partial charge in [-0.3, -0.25) is 24.0 Å². The zero-order valence-electron chi connectivity index (χ0n) is 18.2. The van der Waals surface area contributed by atoms with E-state index in [1.54, 1.807) is 13.8 Å². The van der Waals surface area contributed by atoms with Crippen molar-refractivity contribution in [3.05, 3.63) is 0 Å². The molecule has 0 heterocycles. The van der Waals surface area contributed by atoms with Crippen LogP contribution in [0.15, 0.2) is 0 Å². The van der Waals surface area contributed by atoms with Crippen molar-refractivity contribution >= 4 is 35.5 Å². The monoisotopic (exact) mass is 460 g/mol. The molecule has 32 heavy (non-hydrogen) atoms. The Labute approximate surface area is 184 Å². The molecule has 0 saturated heterocycles. The van der Waals surface area contributed by atoms with Gasteiger partial charge in [-0.2, -0.15) is 0 Å². The van der Waals surface area contributed by atoms with Gasteiger partial charge in [-0.15, -0.1) is 0 Å². The molecule has 0 aromatic rings. The minimum absolute atomic E-state index is 0.276. The summed E-state index contributed by atoms with van der Waals surface area (Å²) in [4.78, 5) is 70.9. The van der Waals surface area contributed by atoms with Crippen molar-refractivity contribution in [2.45, 2.75) is 70.3 Å². The molecular formula is C18H32N6O8. The summed E-state index contributed by atoms with van der Waals surface area (Å²) in [5.41, 5.74) is 15.6. The highest BCUT2D eigenvalue weighted by molar-refractivity contribution is 5.95. The van der Waals surface area contributed by atoms with Gasteiger partial charge in [0.1, 0.15) is 24.2 Å². The van der Waals surface area contributed by atoms with E-state index in [1.807, 2.05) is 0 Å². The molecule has 0 bridgehead atoms. The first kappa shape index (κ1) is 28.7. The Balaban J connectivity index is 5.54. The van der Waals surface area contributed by atoms with Crippen molar-refractivity contribution in [2.75, 3.05) is 0 Å². The van der Waals surface area contributed by atoms with Crippen LogP contribution >= 0.6 is 0 Å². The van der Waals surface area contributed by atoms with Gasteiger partial charge in [0.25, 0.3) is 0 Å². The third kappa shape index (κ3) is 10.2. The molecule has 0 fully saturated rings. The summed E-state index contributed by atoms with van der Waals surface area (Å²) in [6.45, 7) is 4.50. The van der Waals surface area contributed by atoms with Crippen molar-refractivity contribution in [1.82, 2.24) is 16.0 Å². The van der Waals surface area contributed by atoms with Crippen molar-refractivity contribution in [2.24, 2.45) is 23.1 Å². The van der Waals surface area contributed by atoms with Gasteiger partial charge >= 0.3 is 5.97 Å². The largest absolute Gasteiger partial charge is 0.480 e. The van der Waals surface area contributed by atoms with Crippen LogP contribution in [-0.2, 0) is 28.8 Å². The van der Waals surface area contributed by atoms with Crippen LogP contribution < -0.4 is 33.2 Å². The van der Waals surface area contributed by atoms with Crippen molar-refractivity contribution < 1.29 is 39.0 Å². The Hall–Kier alpha value is -3.26. The summed E-state index contributed by atoms with van der Waals surface area (Å²) in [5.74, 6) is -6.38. The second-order valence-electron chi connectivity index (χ2n) is 7.63. The number of rotatable bonds is 14. The highest BCUT2D eigenvalue weighted by Gasteiger charge is 2.32. The molecule has 14 heteroatoms. The number of carboxylic acids is 1. The molecule has 0 aromatic heterocycles. The lowest BCUT2D eigenvalue weighted by Crippen LogP contribution is -2.59. The summed E-state index contributed by atoms with van der Waals surface area (Å²) in [5, 5.41) is 25.4. The third-order valence-corrected chi connectivity index (χ3v) is 4.40. The van der Waals surface area contributed by atoms with Crippen LogP contribution in [0, 0.1) is 5.92 Å². The lowest BCUT2D eigenvalue weighted by molar-refractivity contribution is -0.144. The molecule has 11 N–H and O–H groups in total. The minimum atomic E-state index is -1.65. The number of carbonyl (C=O) groups excluding carboxylic acids is 5. The summed E-state index contributed by atoms with van der Waals surface area (Å²) in [6.07, 6.45) is -2.48. The molecule has 0 spiro atoms. The van der Waals surface area contributed by atoms with Crippen LogP contribution in [0.1, 0.15) is 40.0 Å². The van der Waals surface area contributed by atoms with Crippen molar-refractivity contribution in [3.63, 3.8) is 0 Å². The van der Waals surface area contributed by atoms with Gasteiger partial charge in [-0.25, -0.2) is 4.79 Å². The van der Waals surface area contributed by atoms with E-state index in [-0.39, 0.29) is 12.8 Å². The Bertz CT molecular complexity index is 726. The van der Waals surface area contributed by atoms with Gasteiger partial charge in [-0.1, -0.05) is 13.8 Å². The van der Waals surface area contributed by atoms with E-state index in [9.17, 15) is 33.9 Å². The van der Waals surface area contributed by atoms with E-state index in [4.69, 9.17) is 22.3 Å². The number of primary amides is 2. The van der Waals surface area contributed by atoms with Crippen LogP contribution in [0.2, 0.25) is 0 Å². The quantitative estimate of drug-likeness (QED) is 0.125. The third-order valence-electron chi connectivity index (χ3n) is 4.40. The van der Waals surface area contributed by atoms with Crippen LogP contribution in [0.4, 0.5) is 0 Å². The smallest absolute Gasteiger partial charge is 0.326 e. The fourth-order valence-electron chi connectivity index (χ4n) is 2.49. The zero-order chi connectivity index (χ0) is 25.2. The molecule has 5 unspecified atom stereocenters. The van der Waals surface area contributed by atoms with Gasteiger partial charge < -0.3 is 43.4 Å². The topological polar surface area (TPSA) is 257 Å². The lowest BCUT2D eigenvalue weighted by Gasteiger charge is -2.27. The number of carboxylic acid groups (broad SMARTS) is 1. The summed E-state index contributed by atoms with van der Waals surface area (Å²) in [6, 6.07) is -5.54. The first-order valence-electron chi connectivity index (χ1n) is 9.81. The van der Waals surface area contributed by atoms with Crippen LogP contribution in [0.25, 0.3) is 0 Å². The number of hydrogen-bond donors (Lipinski definition) is 8.